The van der Waals surface area contributed by atoms with E-state index in [4.69, 9.17) is 4.42 Å². The molecule has 1 heterocycles. The van der Waals surface area contributed by atoms with Crippen LogP contribution in [-0.4, -0.2) is 0 Å². The van der Waals surface area contributed by atoms with Gasteiger partial charge in [-0.3, -0.25) is 0 Å². The van der Waals surface area contributed by atoms with Crippen LogP contribution in [0.1, 0.15) is 45.1 Å². The molecule has 0 saturated heterocycles. The summed E-state index contributed by atoms with van der Waals surface area (Å²) in [5, 5.41) is 0. The molecular formula is C11H18O. The van der Waals surface area contributed by atoms with E-state index in [2.05, 4.69) is 39.8 Å². The molecule has 12 heavy (non-hydrogen) atoms. The van der Waals surface area contributed by atoms with Gasteiger partial charge in [-0.05, 0) is 18.1 Å². The van der Waals surface area contributed by atoms with Crippen molar-refractivity contribution in [2.45, 2.75) is 40.0 Å². The Balaban J connectivity index is 2.64. The normalized spacial score (nSPS) is 11.5. The minimum absolute atomic E-state index is 0.505. The van der Waals surface area contributed by atoms with E-state index < -0.39 is 0 Å². The van der Waals surface area contributed by atoms with E-state index in [1.54, 1.807) is 0 Å². The Morgan fingerprint density at radius 1 is 1.17 bits per heavy atom. The Morgan fingerprint density at radius 3 is 2.25 bits per heavy atom. The van der Waals surface area contributed by atoms with Gasteiger partial charge in [-0.25, -0.2) is 0 Å². The molecule has 1 aromatic rings. The highest BCUT2D eigenvalue weighted by molar-refractivity contribution is 5.10. The van der Waals surface area contributed by atoms with Gasteiger partial charge in [-0.15, -0.1) is 0 Å². The molecular weight excluding hydrogens is 148 g/mol. The van der Waals surface area contributed by atoms with Crippen molar-refractivity contribution >= 4 is 0 Å². The monoisotopic (exact) mass is 166 g/mol. The first-order valence-electron chi connectivity index (χ1n) is 4.68. The van der Waals surface area contributed by atoms with Crippen LogP contribution in [0, 0.1) is 5.92 Å². The predicted molar refractivity (Wildman–Crippen MR) is 51.3 cm³/mol. The standard InChI is InChI=1S/C11H18O/c1-8(2)7-10-5-6-11(12-10)9(3)4/h5-6,8-9H,7H2,1-4H3. The molecule has 0 aliphatic rings. The highest BCUT2D eigenvalue weighted by Gasteiger charge is 2.06. The van der Waals surface area contributed by atoms with E-state index >= 15 is 0 Å². The van der Waals surface area contributed by atoms with Crippen molar-refractivity contribution in [2.75, 3.05) is 0 Å². The first-order valence-corrected chi connectivity index (χ1v) is 4.68. The molecule has 0 amide bonds. The van der Waals surface area contributed by atoms with Gasteiger partial charge in [-0.2, -0.15) is 0 Å². The van der Waals surface area contributed by atoms with Crippen LogP contribution in [0.3, 0.4) is 0 Å². The molecule has 0 spiro atoms. The molecule has 0 unspecified atom stereocenters. The summed E-state index contributed by atoms with van der Waals surface area (Å²) in [6.07, 6.45) is 1.05. The van der Waals surface area contributed by atoms with Crippen molar-refractivity contribution in [2.24, 2.45) is 5.92 Å². The van der Waals surface area contributed by atoms with Gasteiger partial charge in [0.1, 0.15) is 11.5 Å². The Hall–Kier alpha value is -0.720. The maximum absolute atomic E-state index is 5.66. The fourth-order valence-corrected chi connectivity index (χ4v) is 1.22. The molecule has 1 rings (SSSR count). The first kappa shape index (κ1) is 9.37. The molecule has 0 fully saturated rings. The molecule has 0 radical (unpaired) electrons. The van der Waals surface area contributed by atoms with Crippen LogP contribution in [0.5, 0.6) is 0 Å². The Kier molecular flexibility index (Phi) is 2.96. The van der Waals surface area contributed by atoms with Crippen LogP contribution in [0.15, 0.2) is 16.5 Å². The largest absolute Gasteiger partial charge is 0.466 e. The van der Waals surface area contributed by atoms with Gasteiger partial charge in [0.25, 0.3) is 0 Å². The highest BCUT2D eigenvalue weighted by Crippen LogP contribution is 2.19. The summed E-state index contributed by atoms with van der Waals surface area (Å²) in [5.41, 5.74) is 0. The summed E-state index contributed by atoms with van der Waals surface area (Å²) in [5.74, 6) is 3.40. The maximum atomic E-state index is 5.66. The molecule has 0 bridgehead atoms. The Bertz CT molecular complexity index is 233. The lowest BCUT2D eigenvalue weighted by Crippen LogP contribution is -1.91. The fourth-order valence-electron chi connectivity index (χ4n) is 1.22. The lowest BCUT2D eigenvalue weighted by atomic mass is 10.1. The van der Waals surface area contributed by atoms with E-state index in [9.17, 15) is 0 Å². The van der Waals surface area contributed by atoms with Crippen molar-refractivity contribution in [1.82, 2.24) is 0 Å². The second-order valence-corrected chi connectivity index (χ2v) is 4.06. The van der Waals surface area contributed by atoms with Crippen LogP contribution in [0.25, 0.3) is 0 Å². The minimum atomic E-state index is 0.505. The maximum Gasteiger partial charge on any atom is 0.106 e. The first-order chi connectivity index (χ1) is 5.59. The number of hydrogen-bond donors (Lipinski definition) is 0. The fraction of sp³-hybridized carbons (Fsp3) is 0.636. The zero-order valence-electron chi connectivity index (χ0n) is 8.42. The van der Waals surface area contributed by atoms with E-state index in [1.807, 2.05) is 0 Å². The number of furan rings is 1. The van der Waals surface area contributed by atoms with Crippen molar-refractivity contribution < 1.29 is 4.42 Å². The van der Waals surface area contributed by atoms with E-state index in [-0.39, 0.29) is 0 Å². The summed E-state index contributed by atoms with van der Waals surface area (Å²) < 4.78 is 5.66. The third kappa shape index (κ3) is 2.40. The van der Waals surface area contributed by atoms with Gasteiger partial charge < -0.3 is 4.42 Å². The van der Waals surface area contributed by atoms with Crippen molar-refractivity contribution in [3.63, 3.8) is 0 Å². The van der Waals surface area contributed by atoms with Gasteiger partial charge in [0.2, 0.25) is 0 Å². The lowest BCUT2D eigenvalue weighted by Gasteiger charge is -2.01. The van der Waals surface area contributed by atoms with Crippen LogP contribution in [0.2, 0.25) is 0 Å². The van der Waals surface area contributed by atoms with E-state index in [0.29, 0.717) is 11.8 Å². The molecule has 1 heteroatoms. The minimum Gasteiger partial charge on any atom is -0.466 e. The zero-order valence-corrected chi connectivity index (χ0v) is 8.42. The zero-order chi connectivity index (χ0) is 9.14. The summed E-state index contributed by atoms with van der Waals surface area (Å²) in [6, 6.07) is 4.18. The van der Waals surface area contributed by atoms with E-state index in [0.717, 1.165) is 17.9 Å². The summed E-state index contributed by atoms with van der Waals surface area (Å²) >= 11 is 0. The molecule has 0 aliphatic carbocycles. The quantitative estimate of drug-likeness (QED) is 0.668. The lowest BCUT2D eigenvalue weighted by molar-refractivity contribution is 0.426. The van der Waals surface area contributed by atoms with E-state index in [1.165, 1.54) is 0 Å². The number of rotatable bonds is 3. The Morgan fingerprint density at radius 2 is 1.83 bits per heavy atom. The summed E-state index contributed by atoms with van der Waals surface area (Å²) in [6.45, 7) is 8.71. The molecule has 0 aliphatic heterocycles. The average molecular weight is 166 g/mol. The third-order valence-corrected chi connectivity index (χ3v) is 1.86. The van der Waals surface area contributed by atoms with Gasteiger partial charge in [-0.1, -0.05) is 27.7 Å². The summed E-state index contributed by atoms with van der Waals surface area (Å²) in [7, 11) is 0. The van der Waals surface area contributed by atoms with Gasteiger partial charge in [0, 0.05) is 12.3 Å². The van der Waals surface area contributed by atoms with Crippen LogP contribution >= 0.6 is 0 Å². The Labute approximate surface area is 74.8 Å². The molecule has 1 nitrogen and oxygen atoms in total. The molecule has 0 aromatic carbocycles. The second kappa shape index (κ2) is 3.79. The van der Waals surface area contributed by atoms with Crippen molar-refractivity contribution in [3.8, 4) is 0 Å². The van der Waals surface area contributed by atoms with Crippen molar-refractivity contribution in [1.29, 1.82) is 0 Å². The molecule has 0 saturated carbocycles. The molecule has 0 atom stereocenters. The van der Waals surface area contributed by atoms with Crippen LogP contribution < -0.4 is 0 Å². The smallest absolute Gasteiger partial charge is 0.106 e. The second-order valence-electron chi connectivity index (χ2n) is 4.06. The van der Waals surface area contributed by atoms with Crippen molar-refractivity contribution in [3.05, 3.63) is 23.7 Å². The molecule has 1 aromatic heterocycles. The average Bonchev–Trinajstić information content (AvgIpc) is 2.34. The van der Waals surface area contributed by atoms with Crippen LogP contribution in [-0.2, 0) is 6.42 Å². The molecule has 68 valence electrons. The van der Waals surface area contributed by atoms with Gasteiger partial charge in [0.15, 0.2) is 0 Å². The van der Waals surface area contributed by atoms with Gasteiger partial charge >= 0.3 is 0 Å². The molecule has 0 N–H and O–H groups in total. The predicted octanol–water partition coefficient (Wildman–Crippen LogP) is 3.60. The SMILES string of the molecule is CC(C)Cc1ccc(C(C)C)o1. The topological polar surface area (TPSA) is 13.1 Å². The number of hydrogen-bond acceptors (Lipinski definition) is 1. The highest BCUT2D eigenvalue weighted by atomic mass is 16.3. The summed E-state index contributed by atoms with van der Waals surface area (Å²) in [4.78, 5) is 0. The van der Waals surface area contributed by atoms with Crippen LogP contribution in [0.4, 0.5) is 0 Å². The third-order valence-electron chi connectivity index (χ3n) is 1.86. The van der Waals surface area contributed by atoms with Gasteiger partial charge in [0.05, 0.1) is 0 Å².